The molecule has 1 unspecified atom stereocenters. The molecule has 4 nitrogen and oxygen atoms in total. The van der Waals surface area contributed by atoms with Gasteiger partial charge in [0.2, 0.25) is 6.41 Å². The smallest absolute Gasteiger partial charge is 0.323 e. The molecule has 0 heterocycles. The van der Waals surface area contributed by atoms with Crippen molar-refractivity contribution in [1.82, 2.24) is 5.32 Å². The van der Waals surface area contributed by atoms with Gasteiger partial charge in [-0.2, -0.15) is 0 Å². The number of esters is 1. The average molecular weight is 359 g/mol. The maximum atomic E-state index is 12.4. The van der Waals surface area contributed by atoms with Crippen LogP contribution in [0.25, 0.3) is 0 Å². The molecule has 1 aromatic carbocycles. The van der Waals surface area contributed by atoms with Crippen LogP contribution < -0.4 is 5.32 Å². The zero-order valence-electron chi connectivity index (χ0n) is 14.9. The lowest BCUT2D eigenvalue weighted by Gasteiger charge is -2.16. The van der Waals surface area contributed by atoms with E-state index in [9.17, 15) is 9.59 Å². The van der Waals surface area contributed by atoms with Crippen LogP contribution >= 0.6 is 11.8 Å². The van der Waals surface area contributed by atoms with Crippen molar-refractivity contribution in [3.8, 4) is 0 Å². The van der Waals surface area contributed by atoms with Crippen LogP contribution in [0, 0.1) is 0 Å². The third-order valence-electron chi connectivity index (χ3n) is 3.18. The van der Waals surface area contributed by atoms with Crippen LogP contribution in [0.15, 0.2) is 65.1 Å². The van der Waals surface area contributed by atoms with Crippen molar-refractivity contribution < 1.29 is 14.3 Å². The molecule has 1 atom stereocenters. The molecule has 0 saturated heterocycles. The van der Waals surface area contributed by atoms with Gasteiger partial charge in [0.25, 0.3) is 0 Å². The summed E-state index contributed by atoms with van der Waals surface area (Å²) in [4.78, 5) is 23.7. The summed E-state index contributed by atoms with van der Waals surface area (Å²) >= 11 is 1.45. The molecule has 0 spiro atoms. The van der Waals surface area contributed by atoms with E-state index < -0.39 is 5.25 Å². The Balaban J connectivity index is 3.03. The molecule has 0 fully saturated rings. The van der Waals surface area contributed by atoms with Gasteiger partial charge in [0, 0.05) is 11.4 Å². The molecule has 0 aliphatic rings. The number of rotatable bonds is 10. The van der Waals surface area contributed by atoms with E-state index >= 15 is 0 Å². The largest absolute Gasteiger partial charge is 0.465 e. The molecular formula is C20H25NO3S. The van der Waals surface area contributed by atoms with Gasteiger partial charge < -0.3 is 10.1 Å². The number of hydrogen-bond donors (Lipinski definition) is 1. The number of amides is 1. The minimum atomic E-state index is -0.426. The number of thioether (sulfide) groups is 1. The van der Waals surface area contributed by atoms with Crippen molar-refractivity contribution in [3.63, 3.8) is 0 Å². The summed E-state index contributed by atoms with van der Waals surface area (Å²) in [5.41, 5.74) is 1.92. The second-order valence-corrected chi connectivity index (χ2v) is 6.42. The second kappa shape index (κ2) is 12.1. The van der Waals surface area contributed by atoms with Gasteiger partial charge in [0.05, 0.1) is 6.61 Å². The summed E-state index contributed by atoms with van der Waals surface area (Å²) in [7, 11) is 0. The van der Waals surface area contributed by atoms with Gasteiger partial charge in [-0.15, -0.1) is 11.8 Å². The van der Waals surface area contributed by atoms with Crippen LogP contribution in [0.1, 0.15) is 31.6 Å². The number of carbonyl (C=O) groups excluding carboxylic acids is 2. The Bertz CT molecular complexity index is 636. The Hall–Kier alpha value is -2.27. The normalized spacial score (nSPS) is 13.6. The molecule has 0 bridgehead atoms. The molecule has 1 N–H and O–H groups in total. The SMILES string of the molecule is C\C=C/C(=C\C=C(/C)CNC=O)SC(C(=O)OCC)c1ccccc1. The minimum absolute atomic E-state index is 0.252. The number of allylic oxidation sites excluding steroid dienone is 4. The zero-order valence-corrected chi connectivity index (χ0v) is 15.7. The maximum Gasteiger partial charge on any atom is 0.323 e. The lowest BCUT2D eigenvalue weighted by Crippen LogP contribution is -2.13. The molecule has 134 valence electrons. The Kier molecular flexibility index (Phi) is 10.1. The van der Waals surface area contributed by atoms with E-state index in [4.69, 9.17) is 4.74 Å². The summed E-state index contributed by atoms with van der Waals surface area (Å²) in [6.45, 7) is 6.51. The first-order valence-corrected chi connectivity index (χ1v) is 9.05. The molecule has 1 amide bonds. The summed E-state index contributed by atoms with van der Waals surface area (Å²) in [6.07, 6.45) is 8.44. The molecule has 1 rings (SSSR count). The van der Waals surface area contributed by atoms with E-state index in [1.165, 1.54) is 11.8 Å². The third-order valence-corrected chi connectivity index (χ3v) is 4.43. The topological polar surface area (TPSA) is 55.4 Å². The fourth-order valence-corrected chi connectivity index (χ4v) is 3.11. The van der Waals surface area contributed by atoms with E-state index in [2.05, 4.69) is 5.32 Å². The van der Waals surface area contributed by atoms with Crippen LogP contribution in [0.4, 0.5) is 0 Å². The summed E-state index contributed by atoms with van der Waals surface area (Å²) in [5, 5.41) is 2.20. The first kappa shape index (κ1) is 20.8. The van der Waals surface area contributed by atoms with Gasteiger partial charge in [-0.25, -0.2) is 0 Å². The highest BCUT2D eigenvalue weighted by atomic mass is 32.2. The quantitative estimate of drug-likeness (QED) is 0.387. The first-order valence-electron chi connectivity index (χ1n) is 8.17. The number of carbonyl (C=O) groups is 2. The highest BCUT2D eigenvalue weighted by molar-refractivity contribution is 8.04. The van der Waals surface area contributed by atoms with E-state index in [1.807, 2.05) is 68.5 Å². The maximum absolute atomic E-state index is 12.4. The van der Waals surface area contributed by atoms with Gasteiger partial charge in [-0.1, -0.05) is 54.1 Å². The van der Waals surface area contributed by atoms with Crippen LogP contribution in [0.3, 0.4) is 0 Å². The molecule has 5 heteroatoms. The Morgan fingerprint density at radius 2 is 2.00 bits per heavy atom. The Morgan fingerprint density at radius 1 is 1.28 bits per heavy atom. The lowest BCUT2D eigenvalue weighted by atomic mass is 10.1. The minimum Gasteiger partial charge on any atom is -0.465 e. The molecular weight excluding hydrogens is 334 g/mol. The van der Waals surface area contributed by atoms with Crippen molar-refractivity contribution >= 4 is 24.1 Å². The Morgan fingerprint density at radius 3 is 2.60 bits per heavy atom. The van der Waals surface area contributed by atoms with Crippen LogP contribution in [-0.2, 0) is 14.3 Å². The van der Waals surface area contributed by atoms with E-state index in [0.717, 1.165) is 16.0 Å². The van der Waals surface area contributed by atoms with E-state index in [-0.39, 0.29) is 5.97 Å². The van der Waals surface area contributed by atoms with Gasteiger partial charge in [0.1, 0.15) is 5.25 Å². The van der Waals surface area contributed by atoms with Gasteiger partial charge in [-0.05, 0) is 32.4 Å². The average Bonchev–Trinajstić information content (AvgIpc) is 2.63. The van der Waals surface area contributed by atoms with Crippen molar-refractivity contribution in [2.24, 2.45) is 0 Å². The van der Waals surface area contributed by atoms with Crippen LogP contribution in [-0.4, -0.2) is 25.5 Å². The first-order chi connectivity index (χ1) is 12.1. The zero-order chi connectivity index (χ0) is 18.5. The second-order valence-electron chi connectivity index (χ2n) is 5.24. The molecule has 0 radical (unpaired) electrons. The molecule has 0 aliphatic heterocycles. The third kappa shape index (κ3) is 7.90. The van der Waals surface area contributed by atoms with Crippen molar-refractivity contribution in [1.29, 1.82) is 0 Å². The fourth-order valence-electron chi connectivity index (χ4n) is 2.02. The van der Waals surface area contributed by atoms with Gasteiger partial charge >= 0.3 is 5.97 Å². The predicted molar refractivity (Wildman–Crippen MR) is 104 cm³/mol. The van der Waals surface area contributed by atoms with Crippen molar-refractivity contribution in [2.75, 3.05) is 13.2 Å². The molecule has 0 aromatic heterocycles. The summed E-state index contributed by atoms with van der Waals surface area (Å²) < 4.78 is 5.24. The highest BCUT2D eigenvalue weighted by Gasteiger charge is 2.23. The van der Waals surface area contributed by atoms with Crippen molar-refractivity contribution in [3.05, 3.63) is 70.7 Å². The summed E-state index contributed by atoms with van der Waals surface area (Å²) in [5.74, 6) is -0.252. The van der Waals surface area contributed by atoms with Crippen LogP contribution in [0.5, 0.6) is 0 Å². The standard InChI is InChI=1S/C20H25NO3S/c1-4-9-18(13-12-16(3)14-21-15-22)25-19(20(23)24-5-2)17-10-7-6-8-11-17/h4,6-13,15,19H,5,14H2,1-3H3,(H,21,22)/b9-4-,16-12+,18-13+. The van der Waals surface area contributed by atoms with Crippen LogP contribution in [0.2, 0.25) is 0 Å². The molecule has 25 heavy (non-hydrogen) atoms. The van der Waals surface area contributed by atoms with Gasteiger partial charge in [-0.3, -0.25) is 9.59 Å². The summed E-state index contributed by atoms with van der Waals surface area (Å²) in [6, 6.07) is 9.60. The number of nitrogens with one attached hydrogen (secondary N) is 1. The molecule has 0 saturated carbocycles. The van der Waals surface area contributed by atoms with Gasteiger partial charge in [0.15, 0.2) is 0 Å². The number of ether oxygens (including phenoxy) is 1. The Labute approximate surface area is 154 Å². The van der Waals surface area contributed by atoms with E-state index in [1.54, 1.807) is 6.92 Å². The number of hydrogen-bond acceptors (Lipinski definition) is 4. The molecule has 0 aliphatic carbocycles. The fraction of sp³-hybridized carbons (Fsp3) is 0.300. The predicted octanol–water partition coefficient (Wildman–Crippen LogP) is 4.18. The molecule has 1 aromatic rings. The number of benzene rings is 1. The highest BCUT2D eigenvalue weighted by Crippen LogP contribution is 2.36. The van der Waals surface area contributed by atoms with E-state index in [0.29, 0.717) is 19.6 Å². The lowest BCUT2D eigenvalue weighted by molar-refractivity contribution is -0.142. The van der Waals surface area contributed by atoms with Crippen molar-refractivity contribution in [2.45, 2.75) is 26.0 Å². The monoisotopic (exact) mass is 359 g/mol.